The normalized spacial score (nSPS) is 13.9. The maximum Gasteiger partial charge on any atom is 0.472 e. The standard InChI is InChI=1S/C77H150O17P2/c1-6-9-12-15-18-21-24-26-27-28-29-30-31-32-37-43-48-53-58-63-77(82)94-73(67-88-75(80)61-56-51-46-41-38-33-35-39-44-49-54-59-70(4)5)69-92-96(85,86)90-65-71(78)64-89-95(83,84)91-68-72(66-87-74(79)60-55-50-45-40-34-23-20-17-14-11-8-3)93-76(81)62-57-52-47-42-36-25-22-19-16-13-10-7-2/h70-73,78H,6-69H2,1-5H3,(H,83,84)(H,85,86)/t71-,72+,73+/m0/s1. The molecular weight excluding hydrogens is 1260 g/mol. The summed E-state index contributed by atoms with van der Waals surface area (Å²) in [5, 5.41) is 10.6. The number of carbonyl (C=O) groups excluding carboxylic acids is 4. The van der Waals surface area contributed by atoms with Gasteiger partial charge >= 0.3 is 39.5 Å². The number of hydrogen-bond donors (Lipinski definition) is 3. The first-order valence-electron chi connectivity index (χ1n) is 40.1. The van der Waals surface area contributed by atoms with Crippen LogP contribution in [0.5, 0.6) is 0 Å². The van der Waals surface area contributed by atoms with Gasteiger partial charge in [-0.25, -0.2) is 9.13 Å². The van der Waals surface area contributed by atoms with Gasteiger partial charge in [-0.05, 0) is 31.6 Å². The van der Waals surface area contributed by atoms with Crippen molar-refractivity contribution in [2.75, 3.05) is 39.6 Å². The summed E-state index contributed by atoms with van der Waals surface area (Å²) in [6.45, 7) is 7.30. The molecule has 0 aliphatic heterocycles. The average molecular weight is 1410 g/mol. The maximum absolute atomic E-state index is 13.1. The highest BCUT2D eigenvalue weighted by Crippen LogP contribution is 2.45. The fraction of sp³-hybridized carbons (Fsp3) is 0.948. The van der Waals surface area contributed by atoms with Crippen LogP contribution in [0.25, 0.3) is 0 Å². The van der Waals surface area contributed by atoms with Crippen molar-refractivity contribution >= 4 is 39.5 Å². The molecule has 0 saturated carbocycles. The van der Waals surface area contributed by atoms with Crippen LogP contribution in [0.4, 0.5) is 0 Å². The van der Waals surface area contributed by atoms with Gasteiger partial charge in [-0.1, -0.05) is 356 Å². The van der Waals surface area contributed by atoms with Gasteiger partial charge in [0.15, 0.2) is 12.2 Å². The van der Waals surface area contributed by atoms with Crippen molar-refractivity contribution in [2.24, 2.45) is 5.92 Å². The predicted molar refractivity (Wildman–Crippen MR) is 391 cm³/mol. The van der Waals surface area contributed by atoms with Crippen LogP contribution in [0.2, 0.25) is 0 Å². The van der Waals surface area contributed by atoms with Crippen LogP contribution in [0.1, 0.15) is 407 Å². The first kappa shape index (κ1) is 94.1. The van der Waals surface area contributed by atoms with Gasteiger partial charge in [0.2, 0.25) is 0 Å². The van der Waals surface area contributed by atoms with Gasteiger partial charge < -0.3 is 33.8 Å². The predicted octanol–water partition coefficient (Wildman–Crippen LogP) is 22.9. The zero-order valence-corrected chi connectivity index (χ0v) is 64.3. The Labute approximate surface area is 588 Å². The molecule has 0 aliphatic rings. The molecule has 0 aromatic heterocycles. The van der Waals surface area contributed by atoms with Crippen LogP contribution in [-0.4, -0.2) is 96.7 Å². The largest absolute Gasteiger partial charge is 0.472 e. The Bertz CT molecular complexity index is 1840. The number of phosphoric acid groups is 2. The van der Waals surface area contributed by atoms with E-state index in [4.69, 9.17) is 37.0 Å². The SMILES string of the molecule is CCCCCCCCCCCCCCCCCCCCCC(=O)O[C@H](COC(=O)CCCCCCCCCCCCCC(C)C)COP(=O)(O)OC[C@@H](O)COP(=O)(O)OC[C@@H](COC(=O)CCCCCCCCCCCCC)OC(=O)CCCCCCCCCCCCCC. The third kappa shape index (κ3) is 70.5. The quantitative estimate of drug-likeness (QED) is 0.0222. The molecule has 0 aromatic rings. The Hall–Kier alpha value is -1.94. The fourth-order valence-electron chi connectivity index (χ4n) is 11.9. The van der Waals surface area contributed by atoms with Crippen LogP contribution < -0.4 is 0 Å². The number of ether oxygens (including phenoxy) is 4. The van der Waals surface area contributed by atoms with Gasteiger partial charge in [-0.15, -0.1) is 0 Å². The number of carbonyl (C=O) groups is 4. The number of hydrogen-bond acceptors (Lipinski definition) is 15. The molecular formula is C77H150O17P2. The molecule has 3 N–H and O–H groups in total. The van der Waals surface area contributed by atoms with Crippen molar-refractivity contribution in [3.8, 4) is 0 Å². The van der Waals surface area contributed by atoms with E-state index in [0.29, 0.717) is 25.7 Å². The van der Waals surface area contributed by atoms with Gasteiger partial charge in [0.25, 0.3) is 0 Å². The fourth-order valence-corrected chi connectivity index (χ4v) is 13.5. The van der Waals surface area contributed by atoms with Crippen LogP contribution in [0, 0.1) is 5.92 Å². The van der Waals surface area contributed by atoms with Crippen LogP contribution in [0.3, 0.4) is 0 Å². The van der Waals surface area contributed by atoms with Crippen LogP contribution in [0.15, 0.2) is 0 Å². The highest BCUT2D eigenvalue weighted by Gasteiger charge is 2.30. The molecule has 96 heavy (non-hydrogen) atoms. The van der Waals surface area contributed by atoms with E-state index in [2.05, 4.69) is 34.6 Å². The van der Waals surface area contributed by atoms with Gasteiger partial charge in [0, 0.05) is 25.7 Å². The van der Waals surface area contributed by atoms with E-state index in [1.807, 2.05) is 0 Å². The minimum Gasteiger partial charge on any atom is -0.462 e. The number of aliphatic hydroxyl groups excluding tert-OH is 1. The van der Waals surface area contributed by atoms with Gasteiger partial charge in [0.1, 0.15) is 19.3 Å². The number of phosphoric ester groups is 2. The summed E-state index contributed by atoms with van der Waals surface area (Å²) >= 11 is 0. The van der Waals surface area contributed by atoms with Crippen molar-refractivity contribution in [1.29, 1.82) is 0 Å². The molecule has 0 aromatic carbocycles. The molecule has 17 nitrogen and oxygen atoms in total. The third-order valence-corrected chi connectivity index (χ3v) is 19.9. The number of aliphatic hydroxyl groups is 1. The first-order valence-corrected chi connectivity index (χ1v) is 43.1. The summed E-state index contributed by atoms with van der Waals surface area (Å²) in [7, 11) is -9.91. The van der Waals surface area contributed by atoms with E-state index in [0.717, 1.165) is 95.8 Å². The van der Waals surface area contributed by atoms with E-state index in [9.17, 15) is 43.2 Å². The highest BCUT2D eigenvalue weighted by atomic mass is 31.2. The summed E-state index contributed by atoms with van der Waals surface area (Å²) in [5.41, 5.74) is 0. The minimum absolute atomic E-state index is 0.108. The zero-order chi connectivity index (χ0) is 70.5. The molecule has 0 aliphatic carbocycles. The molecule has 5 atom stereocenters. The Morgan fingerprint density at radius 1 is 0.281 bits per heavy atom. The smallest absolute Gasteiger partial charge is 0.462 e. The summed E-state index contributed by atoms with van der Waals surface area (Å²) in [5.74, 6) is -1.34. The minimum atomic E-state index is -4.96. The van der Waals surface area contributed by atoms with Crippen LogP contribution in [-0.2, 0) is 65.4 Å². The molecule has 570 valence electrons. The van der Waals surface area contributed by atoms with Crippen molar-refractivity contribution in [2.45, 2.75) is 425 Å². The molecule has 0 saturated heterocycles. The van der Waals surface area contributed by atoms with Crippen molar-refractivity contribution in [1.82, 2.24) is 0 Å². The second kappa shape index (κ2) is 70.1. The molecule has 0 fully saturated rings. The Morgan fingerprint density at radius 3 is 0.708 bits per heavy atom. The summed E-state index contributed by atoms with van der Waals surface area (Å²) in [4.78, 5) is 72.8. The van der Waals surface area contributed by atoms with Crippen molar-refractivity contribution in [3.63, 3.8) is 0 Å². The topological polar surface area (TPSA) is 237 Å². The molecule has 0 bridgehead atoms. The summed E-state index contributed by atoms with van der Waals surface area (Å²) in [6, 6.07) is 0. The lowest BCUT2D eigenvalue weighted by atomic mass is 10.0. The van der Waals surface area contributed by atoms with E-state index < -0.39 is 97.5 Å². The number of esters is 4. The lowest BCUT2D eigenvalue weighted by Crippen LogP contribution is -2.30. The van der Waals surface area contributed by atoms with Crippen LogP contribution >= 0.6 is 15.6 Å². The molecule has 2 unspecified atom stereocenters. The number of rotatable bonds is 77. The Morgan fingerprint density at radius 2 is 0.479 bits per heavy atom. The molecule has 0 amide bonds. The molecule has 0 rings (SSSR count). The van der Waals surface area contributed by atoms with E-state index >= 15 is 0 Å². The molecule has 19 heteroatoms. The molecule has 0 heterocycles. The van der Waals surface area contributed by atoms with Crippen molar-refractivity contribution in [3.05, 3.63) is 0 Å². The number of unbranched alkanes of at least 4 members (excludes halogenated alkanes) is 49. The third-order valence-electron chi connectivity index (χ3n) is 18.0. The monoisotopic (exact) mass is 1410 g/mol. The summed E-state index contributed by atoms with van der Waals surface area (Å²) < 4.78 is 68.6. The van der Waals surface area contributed by atoms with Crippen molar-refractivity contribution < 1.29 is 80.2 Å². The van der Waals surface area contributed by atoms with Gasteiger partial charge in [-0.2, -0.15) is 0 Å². The molecule has 0 radical (unpaired) electrons. The van der Waals surface area contributed by atoms with Gasteiger partial charge in [-0.3, -0.25) is 37.3 Å². The highest BCUT2D eigenvalue weighted by molar-refractivity contribution is 7.47. The lowest BCUT2D eigenvalue weighted by Gasteiger charge is -2.21. The Balaban J connectivity index is 5.23. The first-order chi connectivity index (χ1) is 46.5. The van der Waals surface area contributed by atoms with Gasteiger partial charge in [0.05, 0.1) is 26.4 Å². The van der Waals surface area contributed by atoms with E-state index in [1.54, 1.807) is 0 Å². The summed E-state index contributed by atoms with van der Waals surface area (Å²) in [6.07, 6.45) is 59.5. The zero-order valence-electron chi connectivity index (χ0n) is 62.5. The molecule has 0 spiro atoms. The maximum atomic E-state index is 13.1. The average Bonchev–Trinajstić information content (AvgIpc) is 1.53. The lowest BCUT2D eigenvalue weighted by molar-refractivity contribution is -0.161. The Kier molecular flexibility index (Phi) is 68.7. The second-order valence-electron chi connectivity index (χ2n) is 28.2. The van der Waals surface area contributed by atoms with E-state index in [-0.39, 0.29) is 25.7 Å². The second-order valence-corrected chi connectivity index (χ2v) is 31.1. The van der Waals surface area contributed by atoms with E-state index in [1.165, 1.54) is 231 Å².